The number of phenolic OH excluding ortho intramolecular Hbond substituents is 2. The summed E-state index contributed by atoms with van der Waals surface area (Å²) in [5.41, 5.74) is -2.01. The second-order valence-electron chi connectivity index (χ2n) is 13.1. The van der Waals surface area contributed by atoms with Crippen molar-refractivity contribution in [1.29, 1.82) is 0 Å². The monoisotopic (exact) mass is 685 g/mol. The summed E-state index contributed by atoms with van der Waals surface area (Å²) < 4.78 is 0. The van der Waals surface area contributed by atoms with E-state index in [1.165, 1.54) is 45.3 Å². The van der Waals surface area contributed by atoms with Crippen molar-refractivity contribution in [2.75, 3.05) is 6.26 Å². The van der Waals surface area contributed by atoms with Crippen LogP contribution in [0.2, 0.25) is 0 Å². The number of carbonyl (C=O) groups is 4. The van der Waals surface area contributed by atoms with Gasteiger partial charge in [0.25, 0.3) is 5.91 Å². The zero-order chi connectivity index (χ0) is 36.5. The van der Waals surface area contributed by atoms with Gasteiger partial charge in [-0.25, -0.2) is 0 Å². The van der Waals surface area contributed by atoms with Crippen molar-refractivity contribution in [3.63, 3.8) is 0 Å². The van der Waals surface area contributed by atoms with E-state index >= 15 is 0 Å². The van der Waals surface area contributed by atoms with Gasteiger partial charge in [0.1, 0.15) is 17.2 Å². The number of benzene rings is 1. The SMILES string of the molecule is CSC1=C2NC(=O)C(C)=CC=C[C@H](C)[C@H](O)[C@H](C)[C@@H](O)[C@H](C)[C@@H](O)[C@H](C)[C@@H](O)[C@@H](C)C=C(C)C(=O)c3c(O)c(C)c(O)c(c3C1=O)C2=O. The highest BCUT2D eigenvalue weighted by Crippen LogP contribution is 2.44. The lowest BCUT2D eigenvalue weighted by atomic mass is 9.77. The molecule has 12 heteroatoms. The molecule has 48 heavy (non-hydrogen) atoms. The van der Waals surface area contributed by atoms with Gasteiger partial charge in [0.15, 0.2) is 5.78 Å². The van der Waals surface area contributed by atoms with Crippen LogP contribution in [0.15, 0.2) is 46.1 Å². The van der Waals surface area contributed by atoms with Gasteiger partial charge in [-0.3, -0.25) is 19.2 Å². The van der Waals surface area contributed by atoms with E-state index in [0.717, 1.165) is 11.8 Å². The third kappa shape index (κ3) is 7.23. The van der Waals surface area contributed by atoms with E-state index in [2.05, 4.69) is 5.32 Å². The maximum atomic E-state index is 13.9. The van der Waals surface area contributed by atoms with Crippen LogP contribution in [0, 0.1) is 36.5 Å². The van der Waals surface area contributed by atoms with Crippen LogP contribution in [0.4, 0.5) is 0 Å². The van der Waals surface area contributed by atoms with Gasteiger partial charge < -0.3 is 36.0 Å². The third-order valence-corrected chi connectivity index (χ3v) is 10.6. The van der Waals surface area contributed by atoms with E-state index < -0.39 is 111 Å². The van der Waals surface area contributed by atoms with E-state index in [1.807, 2.05) is 0 Å². The van der Waals surface area contributed by atoms with Gasteiger partial charge in [-0.15, -0.1) is 11.8 Å². The fourth-order valence-corrected chi connectivity index (χ4v) is 6.98. The Labute approximate surface area is 285 Å². The Morgan fingerprint density at radius 3 is 1.65 bits per heavy atom. The number of amides is 1. The van der Waals surface area contributed by atoms with Crippen LogP contribution in [-0.4, -0.2) is 84.6 Å². The smallest absolute Gasteiger partial charge is 0.251 e. The summed E-state index contributed by atoms with van der Waals surface area (Å²) in [5, 5.41) is 69.0. The zero-order valence-corrected chi connectivity index (χ0v) is 29.5. The van der Waals surface area contributed by atoms with E-state index in [1.54, 1.807) is 40.7 Å². The highest BCUT2D eigenvalue weighted by Gasteiger charge is 2.42. The number of hydrogen-bond acceptors (Lipinski definition) is 11. The predicted molar refractivity (Wildman–Crippen MR) is 183 cm³/mol. The summed E-state index contributed by atoms with van der Waals surface area (Å²) in [6.45, 7) is 12.4. The molecule has 9 atom stereocenters. The predicted octanol–water partition coefficient (Wildman–Crippen LogP) is 3.75. The molecule has 0 unspecified atom stereocenters. The van der Waals surface area contributed by atoms with Crippen molar-refractivity contribution in [1.82, 2.24) is 5.32 Å². The molecule has 1 amide bonds. The first kappa shape index (κ1) is 38.9. The van der Waals surface area contributed by atoms with Crippen LogP contribution in [0.1, 0.15) is 85.1 Å². The highest BCUT2D eigenvalue weighted by atomic mass is 32.2. The molecular weight excluding hydrogens is 638 g/mol. The van der Waals surface area contributed by atoms with Gasteiger partial charge in [-0.2, -0.15) is 0 Å². The summed E-state index contributed by atoms with van der Waals surface area (Å²) in [7, 11) is 0. The largest absolute Gasteiger partial charge is 0.507 e. The molecule has 11 nitrogen and oxygen atoms in total. The van der Waals surface area contributed by atoms with Gasteiger partial charge in [0.05, 0.1) is 46.0 Å². The van der Waals surface area contributed by atoms with E-state index in [9.17, 15) is 49.8 Å². The molecule has 1 aromatic carbocycles. The first-order valence-corrected chi connectivity index (χ1v) is 17.1. The summed E-state index contributed by atoms with van der Waals surface area (Å²) in [6, 6.07) is 0. The summed E-state index contributed by atoms with van der Waals surface area (Å²) >= 11 is 0.849. The Morgan fingerprint density at radius 2 is 1.12 bits per heavy atom. The zero-order valence-electron chi connectivity index (χ0n) is 28.7. The number of thioether (sulfide) groups is 1. The summed E-state index contributed by atoms with van der Waals surface area (Å²) in [4.78, 5) is 54.7. The Hall–Kier alpha value is -3.55. The van der Waals surface area contributed by atoms with Crippen LogP contribution in [0.3, 0.4) is 0 Å². The third-order valence-electron chi connectivity index (χ3n) is 9.77. The van der Waals surface area contributed by atoms with Crippen molar-refractivity contribution in [3.05, 3.63) is 68.3 Å². The van der Waals surface area contributed by atoms with Crippen LogP contribution in [0.5, 0.6) is 11.5 Å². The molecule has 0 spiro atoms. The number of allylic oxidation sites excluding steroid dienone is 5. The van der Waals surface area contributed by atoms with Gasteiger partial charge in [-0.05, 0) is 32.6 Å². The molecule has 1 aliphatic carbocycles. The first-order valence-electron chi connectivity index (χ1n) is 15.9. The Balaban J connectivity index is 2.28. The highest BCUT2D eigenvalue weighted by molar-refractivity contribution is 8.03. The fraction of sp³-hybridized carbons (Fsp3) is 0.500. The maximum Gasteiger partial charge on any atom is 0.251 e. The minimum atomic E-state index is -1.21. The number of carbonyl (C=O) groups excluding carboxylic acids is 4. The van der Waals surface area contributed by atoms with Crippen LogP contribution in [-0.2, 0) is 4.79 Å². The van der Waals surface area contributed by atoms with Gasteiger partial charge in [0.2, 0.25) is 11.6 Å². The molecule has 2 heterocycles. The number of aliphatic hydroxyl groups is 4. The van der Waals surface area contributed by atoms with Crippen molar-refractivity contribution in [2.45, 2.75) is 79.8 Å². The number of hydrogen-bond donors (Lipinski definition) is 7. The van der Waals surface area contributed by atoms with Crippen molar-refractivity contribution < 1.29 is 49.8 Å². The van der Waals surface area contributed by atoms with Crippen molar-refractivity contribution in [2.24, 2.45) is 29.6 Å². The number of phenols is 2. The lowest BCUT2D eigenvalue weighted by Gasteiger charge is -2.36. The second-order valence-corrected chi connectivity index (χ2v) is 14.0. The molecule has 0 saturated heterocycles. The Bertz CT molecular complexity index is 1620. The molecular formula is C36H47NO10S. The molecule has 4 bridgehead atoms. The van der Waals surface area contributed by atoms with Gasteiger partial charge in [-0.1, -0.05) is 58.9 Å². The number of aliphatic hydroxyl groups excluding tert-OH is 4. The molecule has 1 aromatic rings. The van der Waals surface area contributed by atoms with E-state index in [0.29, 0.717) is 0 Å². The molecule has 4 rings (SSSR count). The molecule has 3 aliphatic rings. The van der Waals surface area contributed by atoms with E-state index in [4.69, 9.17) is 0 Å². The number of aromatic hydroxyl groups is 2. The molecule has 2 aliphatic heterocycles. The minimum Gasteiger partial charge on any atom is -0.507 e. The Morgan fingerprint density at radius 1 is 0.646 bits per heavy atom. The number of ketones is 3. The Kier molecular flexibility index (Phi) is 12.4. The molecule has 0 radical (unpaired) electrons. The number of rotatable bonds is 1. The van der Waals surface area contributed by atoms with Gasteiger partial charge in [0, 0.05) is 40.7 Å². The molecule has 0 saturated carbocycles. The summed E-state index contributed by atoms with van der Waals surface area (Å²) in [5.74, 6) is -8.24. The topological polar surface area (TPSA) is 202 Å². The average Bonchev–Trinajstić information content (AvgIpc) is 3.05. The fourth-order valence-electron chi connectivity index (χ4n) is 6.35. The molecule has 0 aromatic heterocycles. The lowest BCUT2D eigenvalue weighted by Crippen LogP contribution is -2.45. The normalized spacial score (nSPS) is 31.5. The maximum absolute atomic E-state index is 13.9. The van der Waals surface area contributed by atoms with Crippen LogP contribution >= 0.6 is 11.8 Å². The second kappa shape index (κ2) is 15.3. The quantitative estimate of drug-likeness (QED) is 0.227. The van der Waals surface area contributed by atoms with Crippen molar-refractivity contribution >= 4 is 35.0 Å². The lowest BCUT2D eigenvalue weighted by molar-refractivity contribution is -0.116. The van der Waals surface area contributed by atoms with E-state index in [-0.39, 0.29) is 21.6 Å². The van der Waals surface area contributed by atoms with Crippen LogP contribution < -0.4 is 5.32 Å². The molecule has 0 fully saturated rings. The number of nitrogens with one attached hydrogen (secondary N) is 1. The molecule has 262 valence electrons. The number of fused-ring (bicyclic) bond motifs is 15. The standard InChI is InChI=1S/C36H47NO10S/c1-14-11-10-12-15(2)36(47)37-25-33(45)24-22(34(46)35(25)48-9)23(31(43)21(8)32(24)44)28(40)17(4)13-16(3)27(39)19(6)30(42)20(7)29(41)18(5)26(14)38/h10-14,16,18-20,26-27,29-30,38-39,41-44H,1-9H3,(H,37,47)/t14-,16-,18-,19+,20-,26-,27-,29+,30-/m0/s1. The minimum absolute atomic E-state index is 0.00493. The van der Waals surface area contributed by atoms with Crippen molar-refractivity contribution in [3.8, 4) is 11.5 Å². The molecule has 7 N–H and O–H groups in total. The van der Waals surface area contributed by atoms with Gasteiger partial charge >= 0.3 is 0 Å². The average molecular weight is 686 g/mol. The van der Waals surface area contributed by atoms with Crippen LogP contribution in [0.25, 0.3) is 0 Å². The summed E-state index contributed by atoms with van der Waals surface area (Å²) in [6.07, 6.45) is 2.92. The first-order chi connectivity index (χ1) is 22.3. The number of Topliss-reactive ketones (excluding diaryl/α,β-unsaturated/α-hetero) is 3.